The van der Waals surface area contributed by atoms with Crippen LogP contribution in [0.5, 0.6) is 0 Å². The maximum atomic E-state index is 10.7. The quantitative estimate of drug-likeness (QED) is 0.674. The molecule has 0 atom stereocenters. The molecule has 0 aliphatic carbocycles. The molecule has 2 N–H and O–H groups in total. The molecule has 4 heteroatoms. The Labute approximate surface area is 81.7 Å². The number of hydrogen-bond acceptors (Lipinski definition) is 2. The predicted octanol–water partition coefficient (Wildman–Crippen LogP) is 1.01. The third kappa shape index (κ3) is 7.75. The zero-order valence-corrected chi connectivity index (χ0v) is 8.91. The van der Waals surface area contributed by atoms with E-state index < -0.39 is 0 Å². The number of carbonyl (C=O) groups is 1. The van der Waals surface area contributed by atoms with E-state index in [0.717, 1.165) is 24.0 Å². The highest BCUT2D eigenvalue weighted by Crippen LogP contribution is 1.96. The zero-order valence-electron chi connectivity index (χ0n) is 7.32. The molecule has 0 unspecified atom stereocenters. The Balaban J connectivity index is 3.11. The summed E-state index contributed by atoms with van der Waals surface area (Å²) in [4.78, 5) is 10.7. The summed E-state index contributed by atoms with van der Waals surface area (Å²) < 4.78 is 0.933. The van der Waals surface area contributed by atoms with Crippen LogP contribution >= 0.6 is 15.9 Å². The largest absolute Gasteiger partial charge is 0.359 e. The number of carbonyl (C=O) groups excluding carboxylic acids is 1. The highest BCUT2D eigenvalue weighted by atomic mass is 79.9. The number of hydrogen-bond donors (Lipinski definition) is 2. The van der Waals surface area contributed by atoms with Crippen LogP contribution in [0.15, 0.2) is 11.1 Å². The lowest BCUT2D eigenvalue weighted by Crippen LogP contribution is -2.21. The molecule has 3 nitrogen and oxygen atoms in total. The van der Waals surface area contributed by atoms with Crippen LogP contribution < -0.4 is 10.6 Å². The molecule has 1 amide bonds. The third-order valence-electron chi connectivity index (χ3n) is 1.35. The van der Waals surface area contributed by atoms with Crippen molar-refractivity contribution in [2.75, 3.05) is 20.1 Å². The van der Waals surface area contributed by atoms with Gasteiger partial charge < -0.3 is 10.6 Å². The Morgan fingerprint density at radius 1 is 1.58 bits per heavy atom. The monoisotopic (exact) mass is 234 g/mol. The fourth-order valence-corrected chi connectivity index (χ4v) is 0.921. The van der Waals surface area contributed by atoms with Crippen molar-refractivity contribution in [3.8, 4) is 0 Å². The van der Waals surface area contributed by atoms with Crippen LogP contribution in [0.4, 0.5) is 0 Å². The van der Waals surface area contributed by atoms with Crippen LogP contribution in [0.25, 0.3) is 0 Å². The second-order valence-electron chi connectivity index (χ2n) is 2.47. The molecule has 0 fully saturated rings. The van der Waals surface area contributed by atoms with Gasteiger partial charge in [0.1, 0.15) is 0 Å². The topological polar surface area (TPSA) is 41.1 Å². The van der Waals surface area contributed by atoms with Gasteiger partial charge in [-0.25, -0.2) is 0 Å². The highest BCUT2D eigenvalue weighted by molar-refractivity contribution is 9.11. The minimum absolute atomic E-state index is 0.0921. The summed E-state index contributed by atoms with van der Waals surface area (Å²) >= 11 is 3.23. The van der Waals surface area contributed by atoms with Gasteiger partial charge in [-0.05, 0) is 13.0 Å². The first kappa shape index (κ1) is 11.6. The number of amides is 1. The first-order valence-corrected chi connectivity index (χ1v) is 4.70. The van der Waals surface area contributed by atoms with Gasteiger partial charge in [-0.2, -0.15) is 0 Å². The van der Waals surface area contributed by atoms with E-state index in [1.807, 2.05) is 0 Å². The van der Waals surface area contributed by atoms with Gasteiger partial charge in [-0.1, -0.05) is 22.5 Å². The predicted molar refractivity (Wildman–Crippen MR) is 54.2 cm³/mol. The Kier molecular flexibility index (Phi) is 7.09. The SMILES string of the molecule is C=C(Br)CNCCCC(=O)NC. The molecule has 0 aliphatic heterocycles. The normalized spacial score (nSPS) is 9.50. The average Bonchev–Trinajstić information content (AvgIpc) is 2.03. The van der Waals surface area contributed by atoms with Crippen molar-refractivity contribution in [3.63, 3.8) is 0 Å². The van der Waals surface area contributed by atoms with Crippen LogP contribution in [0.3, 0.4) is 0 Å². The van der Waals surface area contributed by atoms with E-state index in [0.29, 0.717) is 6.42 Å². The summed E-state index contributed by atoms with van der Waals surface area (Å²) in [6.07, 6.45) is 1.44. The average molecular weight is 235 g/mol. The Bertz CT molecular complexity index is 159. The molecule has 0 radical (unpaired) electrons. The summed E-state index contributed by atoms with van der Waals surface area (Å²) in [5, 5.41) is 5.71. The van der Waals surface area contributed by atoms with Crippen molar-refractivity contribution >= 4 is 21.8 Å². The maximum Gasteiger partial charge on any atom is 0.219 e. The third-order valence-corrected chi connectivity index (χ3v) is 1.63. The van der Waals surface area contributed by atoms with Gasteiger partial charge in [0.25, 0.3) is 0 Å². The first-order valence-electron chi connectivity index (χ1n) is 3.91. The molecule has 0 aromatic rings. The maximum absolute atomic E-state index is 10.7. The van der Waals surface area contributed by atoms with Crippen molar-refractivity contribution in [3.05, 3.63) is 11.1 Å². The van der Waals surface area contributed by atoms with Crippen LogP contribution in [-0.4, -0.2) is 26.0 Å². The van der Waals surface area contributed by atoms with Gasteiger partial charge >= 0.3 is 0 Å². The first-order chi connectivity index (χ1) is 5.66. The lowest BCUT2D eigenvalue weighted by Gasteiger charge is -2.02. The number of nitrogens with one attached hydrogen (secondary N) is 2. The second-order valence-corrected chi connectivity index (χ2v) is 3.59. The molecule has 0 bridgehead atoms. The lowest BCUT2D eigenvalue weighted by molar-refractivity contribution is -0.120. The molecule has 0 aromatic heterocycles. The minimum Gasteiger partial charge on any atom is -0.359 e. The van der Waals surface area contributed by atoms with Crippen LogP contribution in [0.2, 0.25) is 0 Å². The van der Waals surface area contributed by atoms with E-state index >= 15 is 0 Å². The van der Waals surface area contributed by atoms with E-state index in [2.05, 4.69) is 33.1 Å². The molecule has 0 saturated carbocycles. The summed E-state index contributed by atoms with van der Waals surface area (Å²) in [5.41, 5.74) is 0. The second kappa shape index (κ2) is 7.31. The Morgan fingerprint density at radius 3 is 2.75 bits per heavy atom. The van der Waals surface area contributed by atoms with E-state index in [1.54, 1.807) is 7.05 Å². The van der Waals surface area contributed by atoms with Gasteiger partial charge in [0.15, 0.2) is 0 Å². The number of halogens is 1. The highest BCUT2D eigenvalue weighted by Gasteiger charge is 1.96. The molecular formula is C8H15BrN2O. The van der Waals surface area contributed by atoms with Gasteiger partial charge in [0, 0.05) is 24.5 Å². The van der Waals surface area contributed by atoms with E-state index in [1.165, 1.54) is 0 Å². The Morgan fingerprint density at radius 2 is 2.25 bits per heavy atom. The van der Waals surface area contributed by atoms with Crippen molar-refractivity contribution in [1.29, 1.82) is 0 Å². The molecule has 0 aromatic carbocycles. The molecule has 70 valence electrons. The summed E-state index contributed by atoms with van der Waals surface area (Å²) in [7, 11) is 1.65. The van der Waals surface area contributed by atoms with Crippen molar-refractivity contribution in [2.24, 2.45) is 0 Å². The van der Waals surface area contributed by atoms with Gasteiger partial charge in [-0.3, -0.25) is 4.79 Å². The molecule has 0 heterocycles. The molecule has 0 spiro atoms. The fraction of sp³-hybridized carbons (Fsp3) is 0.625. The van der Waals surface area contributed by atoms with Crippen LogP contribution in [-0.2, 0) is 4.79 Å². The molecule has 12 heavy (non-hydrogen) atoms. The smallest absolute Gasteiger partial charge is 0.219 e. The summed E-state index contributed by atoms with van der Waals surface area (Å²) in [6.45, 7) is 5.28. The van der Waals surface area contributed by atoms with Crippen molar-refractivity contribution < 1.29 is 4.79 Å². The van der Waals surface area contributed by atoms with E-state index in [-0.39, 0.29) is 5.91 Å². The molecule has 0 aliphatic rings. The number of rotatable bonds is 6. The molecular weight excluding hydrogens is 220 g/mol. The Hall–Kier alpha value is -0.350. The van der Waals surface area contributed by atoms with Gasteiger partial charge in [-0.15, -0.1) is 0 Å². The van der Waals surface area contributed by atoms with E-state index in [4.69, 9.17) is 0 Å². The fourth-order valence-electron chi connectivity index (χ4n) is 0.723. The van der Waals surface area contributed by atoms with E-state index in [9.17, 15) is 4.79 Å². The summed E-state index contributed by atoms with van der Waals surface area (Å²) in [6, 6.07) is 0. The zero-order chi connectivity index (χ0) is 9.40. The lowest BCUT2D eigenvalue weighted by atomic mass is 10.3. The molecule has 0 saturated heterocycles. The standard InChI is InChI=1S/C8H15BrN2O/c1-7(9)6-11-5-3-4-8(12)10-2/h11H,1,3-6H2,2H3,(H,10,12). The van der Waals surface area contributed by atoms with Gasteiger partial charge in [0.2, 0.25) is 5.91 Å². The van der Waals surface area contributed by atoms with Crippen molar-refractivity contribution in [1.82, 2.24) is 10.6 Å². The van der Waals surface area contributed by atoms with Crippen LogP contribution in [0.1, 0.15) is 12.8 Å². The minimum atomic E-state index is 0.0921. The van der Waals surface area contributed by atoms with Crippen molar-refractivity contribution in [2.45, 2.75) is 12.8 Å². The van der Waals surface area contributed by atoms with Gasteiger partial charge in [0.05, 0.1) is 0 Å². The van der Waals surface area contributed by atoms with Crippen LogP contribution in [0, 0.1) is 0 Å². The summed E-state index contributed by atoms with van der Waals surface area (Å²) in [5.74, 6) is 0.0921. The molecule has 0 rings (SSSR count).